The van der Waals surface area contributed by atoms with E-state index in [2.05, 4.69) is 52.1 Å². The standard InChI is InChI=1S/C19H29N5O2.HI/c1-5-19(3)16(25)24(18(26)23-19)12-6-11-21-17(20-4)22-13-15-9-7-14(2)8-10-15;/h7-10H,5-6,11-13H2,1-4H3,(H,23,26)(H2,20,21,22);1H. The molecule has 3 N–H and O–H groups in total. The maximum atomic E-state index is 12.3. The van der Waals surface area contributed by atoms with Gasteiger partial charge in [0.05, 0.1) is 0 Å². The van der Waals surface area contributed by atoms with Crippen LogP contribution in [0.3, 0.4) is 0 Å². The molecule has 0 aromatic heterocycles. The zero-order valence-corrected chi connectivity index (χ0v) is 18.8. The zero-order valence-electron chi connectivity index (χ0n) is 16.5. The van der Waals surface area contributed by atoms with E-state index >= 15 is 0 Å². The van der Waals surface area contributed by atoms with Crippen LogP contribution in [0.2, 0.25) is 0 Å². The number of nitrogens with zero attached hydrogens (tertiary/aromatic N) is 2. The third-order valence-corrected chi connectivity index (χ3v) is 4.71. The number of hydrogen-bond acceptors (Lipinski definition) is 3. The molecule has 0 bridgehead atoms. The molecule has 150 valence electrons. The number of rotatable bonds is 7. The third-order valence-electron chi connectivity index (χ3n) is 4.71. The van der Waals surface area contributed by atoms with Crippen molar-refractivity contribution < 1.29 is 9.59 Å². The van der Waals surface area contributed by atoms with E-state index in [1.54, 1.807) is 14.0 Å². The summed E-state index contributed by atoms with van der Waals surface area (Å²) < 4.78 is 0. The van der Waals surface area contributed by atoms with Crippen LogP contribution in [0, 0.1) is 6.92 Å². The lowest BCUT2D eigenvalue weighted by atomic mass is 9.99. The van der Waals surface area contributed by atoms with E-state index in [4.69, 9.17) is 0 Å². The minimum Gasteiger partial charge on any atom is -0.356 e. The summed E-state index contributed by atoms with van der Waals surface area (Å²) in [5, 5.41) is 9.23. The fourth-order valence-corrected chi connectivity index (χ4v) is 2.75. The Balaban J connectivity index is 0.00000364. The number of hydrogen-bond donors (Lipinski definition) is 3. The fraction of sp³-hybridized carbons (Fsp3) is 0.526. The van der Waals surface area contributed by atoms with Crippen molar-refractivity contribution >= 4 is 41.9 Å². The van der Waals surface area contributed by atoms with Crippen LogP contribution in [0.5, 0.6) is 0 Å². The molecule has 1 aromatic rings. The SMILES string of the molecule is CCC1(C)NC(=O)N(CCCNC(=NC)NCc2ccc(C)cc2)C1=O.I. The highest BCUT2D eigenvalue weighted by Crippen LogP contribution is 2.20. The summed E-state index contributed by atoms with van der Waals surface area (Å²) in [4.78, 5) is 29.8. The van der Waals surface area contributed by atoms with E-state index in [1.165, 1.54) is 16.0 Å². The van der Waals surface area contributed by atoms with Gasteiger partial charge >= 0.3 is 6.03 Å². The highest BCUT2D eigenvalue weighted by atomic mass is 127. The third kappa shape index (κ3) is 6.08. The molecule has 7 nitrogen and oxygen atoms in total. The molecule has 0 saturated carbocycles. The highest BCUT2D eigenvalue weighted by Gasteiger charge is 2.45. The lowest BCUT2D eigenvalue weighted by Gasteiger charge is -2.19. The van der Waals surface area contributed by atoms with Crippen LogP contribution in [-0.4, -0.2) is 48.5 Å². The average molecular weight is 487 g/mol. The zero-order chi connectivity index (χ0) is 19.2. The summed E-state index contributed by atoms with van der Waals surface area (Å²) in [6.45, 7) is 7.42. The quantitative estimate of drug-likeness (QED) is 0.181. The van der Waals surface area contributed by atoms with E-state index in [0.717, 1.165) is 0 Å². The molecule has 1 unspecified atom stereocenters. The van der Waals surface area contributed by atoms with Crippen molar-refractivity contribution in [3.63, 3.8) is 0 Å². The molecule has 1 aliphatic heterocycles. The Hall–Kier alpha value is -1.84. The van der Waals surface area contributed by atoms with Gasteiger partial charge in [0.2, 0.25) is 0 Å². The number of carbonyl (C=O) groups excluding carboxylic acids is 2. The van der Waals surface area contributed by atoms with Crippen molar-refractivity contribution in [2.45, 2.75) is 45.7 Å². The Morgan fingerprint density at radius 1 is 1.22 bits per heavy atom. The van der Waals surface area contributed by atoms with E-state index in [9.17, 15) is 9.59 Å². The molecule has 1 aromatic carbocycles. The topological polar surface area (TPSA) is 85.8 Å². The van der Waals surface area contributed by atoms with Crippen LogP contribution in [0.15, 0.2) is 29.3 Å². The van der Waals surface area contributed by atoms with Crippen LogP contribution in [0.1, 0.15) is 37.8 Å². The monoisotopic (exact) mass is 487 g/mol. The number of halogens is 1. The van der Waals surface area contributed by atoms with Gasteiger partial charge in [0.25, 0.3) is 5.91 Å². The van der Waals surface area contributed by atoms with Crippen molar-refractivity contribution in [1.82, 2.24) is 20.9 Å². The minimum atomic E-state index is -0.768. The number of imide groups is 1. The van der Waals surface area contributed by atoms with Gasteiger partial charge in [0.1, 0.15) is 5.54 Å². The minimum absolute atomic E-state index is 0. The summed E-state index contributed by atoms with van der Waals surface area (Å²) in [6, 6.07) is 8.02. The second-order valence-electron chi connectivity index (χ2n) is 6.76. The van der Waals surface area contributed by atoms with E-state index in [0.29, 0.717) is 38.4 Å². The first kappa shape index (κ1) is 23.2. The maximum Gasteiger partial charge on any atom is 0.325 e. The molecule has 27 heavy (non-hydrogen) atoms. The molecule has 1 saturated heterocycles. The number of nitrogens with one attached hydrogen (secondary N) is 3. The number of guanidine groups is 1. The molecule has 2 rings (SSSR count). The number of benzene rings is 1. The predicted molar refractivity (Wildman–Crippen MR) is 118 cm³/mol. The Kier molecular flexibility index (Phi) is 9.01. The summed E-state index contributed by atoms with van der Waals surface area (Å²) in [5.74, 6) is 0.549. The molecule has 1 aliphatic rings. The molecule has 1 atom stereocenters. The number of carbonyl (C=O) groups is 2. The van der Waals surface area contributed by atoms with Crippen LogP contribution in [0.4, 0.5) is 4.79 Å². The number of amides is 3. The second-order valence-corrected chi connectivity index (χ2v) is 6.76. The van der Waals surface area contributed by atoms with Crippen LogP contribution in [-0.2, 0) is 11.3 Å². The van der Waals surface area contributed by atoms with Gasteiger partial charge < -0.3 is 16.0 Å². The normalized spacial score (nSPS) is 19.6. The van der Waals surface area contributed by atoms with Gasteiger partial charge in [0, 0.05) is 26.7 Å². The van der Waals surface area contributed by atoms with Crippen molar-refractivity contribution in [2.24, 2.45) is 4.99 Å². The van der Waals surface area contributed by atoms with Crippen molar-refractivity contribution in [3.05, 3.63) is 35.4 Å². The molecule has 0 radical (unpaired) electrons. The summed E-state index contributed by atoms with van der Waals surface area (Å²) in [6.07, 6.45) is 1.24. The van der Waals surface area contributed by atoms with Crippen LogP contribution >= 0.6 is 24.0 Å². The van der Waals surface area contributed by atoms with E-state index in [1.807, 2.05) is 6.92 Å². The highest BCUT2D eigenvalue weighted by molar-refractivity contribution is 14.0. The molecule has 0 aliphatic carbocycles. The van der Waals surface area contributed by atoms with Gasteiger partial charge in [-0.3, -0.25) is 14.7 Å². The predicted octanol–water partition coefficient (Wildman–Crippen LogP) is 2.39. The molecular formula is C19H30IN5O2. The Morgan fingerprint density at radius 2 is 1.89 bits per heavy atom. The Labute approximate surface area is 178 Å². The van der Waals surface area contributed by atoms with E-state index < -0.39 is 5.54 Å². The first-order valence-electron chi connectivity index (χ1n) is 9.04. The lowest BCUT2D eigenvalue weighted by molar-refractivity contribution is -0.130. The van der Waals surface area contributed by atoms with Crippen LogP contribution < -0.4 is 16.0 Å². The lowest BCUT2D eigenvalue weighted by Crippen LogP contribution is -2.43. The number of aryl methyl sites for hydroxylation is 1. The van der Waals surface area contributed by atoms with E-state index in [-0.39, 0.29) is 35.9 Å². The molecule has 8 heteroatoms. The number of aliphatic imine (C=N–C) groups is 1. The van der Waals surface area contributed by atoms with Gasteiger partial charge in [-0.2, -0.15) is 0 Å². The summed E-state index contributed by atoms with van der Waals surface area (Å²) in [5.41, 5.74) is 1.64. The van der Waals surface area contributed by atoms with Crippen LogP contribution in [0.25, 0.3) is 0 Å². The van der Waals surface area contributed by atoms with Crippen molar-refractivity contribution in [3.8, 4) is 0 Å². The first-order chi connectivity index (χ1) is 12.4. The summed E-state index contributed by atoms with van der Waals surface area (Å²) >= 11 is 0. The van der Waals surface area contributed by atoms with Gasteiger partial charge in [-0.15, -0.1) is 24.0 Å². The Bertz CT molecular complexity index is 677. The maximum absolute atomic E-state index is 12.3. The first-order valence-corrected chi connectivity index (χ1v) is 9.04. The van der Waals surface area contributed by atoms with Gasteiger partial charge in [-0.1, -0.05) is 36.8 Å². The van der Waals surface area contributed by atoms with Gasteiger partial charge in [0.15, 0.2) is 5.96 Å². The summed E-state index contributed by atoms with van der Waals surface area (Å²) in [7, 11) is 1.72. The van der Waals surface area contributed by atoms with Crippen molar-refractivity contribution in [1.29, 1.82) is 0 Å². The van der Waals surface area contributed by atoms with Gasteiger partial charge in [-0.05, 0) is 32.3 Å². The molecule has 0 spiro atoms. The van der Waals surface area contributed by atoms with Crippen molar-refractivity contribution in [2.75, 3.05) is 20.1 Å². The Morgan fingerprint density at radius 3 is 2.44 bits per heavy atom. The molecule has 3 amide bonds. The fourth-order valence-electron chi connectivity index (χ4n) is 2.75. The molecular weight excluding hydrogens is 457 g/mol. The van der Waals surface area contributed by atoms with Gasteiger partial charge in [-0.25, -0.2) is 4.79 Å². The molecule has 1 fully saturated rings. The smallest absolute Gasteiger partial charge is 0.325 e. The largest absolute Gasteiger partial charge is 0.356 e. The molecule has 1 heterocycles. The average Bonchev–Trinajstić information content (AvgIpc) is 2.85. The second kappa shape index (κ2) is 10.5. The number of urea groups is 1.